The van der Waals surface area contributed by atoms with Crippen molar-refractivity contribution in [3.63, 3.8) is 0 Å². The van der Waals surface area contributed by atoms with E-state index in [9.17, 15) is 14.7 Å². The van der Waals surface area contributed by atoms with E-state index in [-0.39, 0.29) is 23.6 Å². The molecule has 1 fully saturated rings. The number of pyridine rings is 1. The SMILES string of the molecule is CCOc1cc(C2/C(=C(\O)c3nc4c(C)cccn4c3C)C(=O)C(=O)N2Cc2ccco2)ccc1OCc1ccccc1. The number of likely N-dealkylation sites (tertiary alicyclic amines) is 1. The third-order valence-electron chi connectivity index (χ3n) is 7.58. The minimum atomic E-state index is -0.933. The zero-order chi connectivity index (χ0) is 30.1. The minimum Gasteiger partial charge on any atom is -0.505 e. The van der Waals surface area contributed by atoms with Crippen LogP contribution in [0.15, 0.2) is 95.2 Å². The van der Waals surface area contributed by atoms with E-state index in [0.717, 1.165) is 11.1 Å². The first-order valence-electron chi connectivity index (χ1n) is 14.1. The largest absolute Gasteiger partial charge is 0.505 e. The Labute approximate surface area is 248 Å². The van der Waals surface area contributed by atoms with Crippen LogP contribution in [0.1, 0.15) is 46.8 Å². The first-order valence-corrected chi connectivity index (χ1v) is 14.1. The Bertz CT molecular complexity index is 1840. The molecule has 1 amide bonds. The van der Waals surface area contributed by atoms with Gasteiger partial charge in [0.1, 0.15) is 23.7 Å². The molecule has 1 unspecified atom stereocenters. The molecule has 2 aromatic carbocycles. The summed E-state index contributed by atoms with van der Waals surface area (Å²) in [4.78, 5) is 33.2. The van der Waals surface area contributed by atoms with Gasteiger partial charge in [0.25, 0.3) is 11.7 Å². The number of hydrogen-bond donors (Lipinski definition) is 1. The van der Waals surface area contributed by atoms with Crippen molar-refractivity contribution < 1.29 is 28.6 Å². The van der Waals surface area contributed by atoms with Gasteiger partial charge < -0.3 is 28.3 Å². The number of benzene rings is 2. The summed E-state index contributed by atoms with van der Waals surface area (Å²) >= 11 is 0. The molecular weight excluding hydrogens is 546 g/mol. The van der Waals surface area contributed by atoms with E-state index >= 15 is 0 Å². The Morgan fingerprint density at radius 3 is 2.51 bits per heavy atom. The van der Waals surface area contributed by atoms with Gasteiger partial charge in [-0.1, -0.05) is 42.5 Å². The van der Waals surface area contributed by atoms with E-state index < -0.39 is 17.7 Å². The van der Waals surface area contributed by atoms with Crippen LogP contribution >= 0.6 is 0 Å². The smallest absolute Gasteiger partial charge is 0.296 e. The van der Waals surface area contributed by atoms with E-state index in [1.54, 1.807) is 30.3 Å². The normalized spacial score (nSPS) is 16.3. The number of ether oxygens (including phenoxy) is 2. The molecule has 1 N–H and O–H groups in total. The molecule has 6 rings (SSSR count). The molecule has 0 radical (unpaired) electrons. The number of aliphatic hydroxyl groups is 1. The summed E-state index contributed by atoms with van der Waals surface area (Å²) in [5.74, 6) is -0.414. The van der Waals surface area contributed by atoms with Crippen molar-refractivity contribution in [2.24, 2.45) is 0 Å². The molecule has 1 saturated heterocycles. The summed E-state index contributed by atoms with van der Waals surface area (Å²) in [7, 11) is 0. The molecule has 3 aromatic heterocycles. The van der Waals surface area contributed by atoms with Crippen LogP contribution in [0, 0.1) is 13.8 Å². The maximum atomic E-state index is 13.6. The van der Waals surface area contributed by atoms with Crippen LogP contribution in [0.2, 0.25) is 0 Å². The van der Waals surface area contributed by atoms with E-state index in [2.05, 4.69) is 4.98 Å². The molecule has 43 heavy (non-hydrogen) atoms. The first kappa shape index (κ1) is 27.8. The molecule has 0 spiro atoms. The highest BCUT2D eigenvalue weighted by Crippen LogP contribution is 2.43. The van der Waals surface area contributed by atoms with Crippen molar-refractivity contribution in [3.8, 4) is 11.5 Å². The van der Waals surface area contributed by atoms with E-state index in [1.165, 1.54) is 11.2 Å². The number of aromatic nitrogens is 2. The number of carbonyl (C=O) groups is 2. The van der Waals surface area contributed by atoms with Gasteiger partial charge in [0.15, 0.2) is 17.3 Å². The fourth-order valence-corrected chi connectivity index (χ4v) is 5.45. The van der Waals surface area contributed by atoms with Gasteiger partial charge in [0, 0.05) is 6.20 Å². The van der Waals surface area contributed by atoms with Gasteiger partial charge in [-0.15, -0.1) is 0 Å². The number of fused-ring (bicyclic) bond motifs is 1. The predicted molar refractivity (Wildman–Crippen MR) is 160 cm³/mol. The van der Waals surface area contributed by atoms with Crippen molar-refractivity contribution in [2.45, 2.75) is 40.0 Å². The molecule has 9 heteroatoms. The van der Waals surface area contributed by atoms with Gasteiger partial charge in [0.05, 0.1) is 36.7 Å². The number of ketones is 1. The number of aliphatic hydroxyl groups excluding tert-OH is 1. The number of nitrogens with zero attached hydrogens (tertiary/aromatic N) is 3. The van der Waals surface area contributed by atoms with Gasteiger partial charge in [0.2, 0.25) is 0 Å². The van der Waals surface area contributed by atoms with Crippen molar-refractivity contribution in [1.29, 1.82) is 0 Å². The second-order valence-electron chi connectivity index (χ2n) is 10.4. The summed E-state index contributed by atoms with van der Waals surface area (Å²) in [6.45, 7) is 6.34. The monoisotopic (exact) mass is 577 g/mol. The lowest BCUT2D eigenvalue weighted by atomic mass is 9.96. The third-order valence-corrected chi connectivity index (χ3v) is 7.58. The summed E-state index contributed by atoms with van der Waals surface area (Å²) in [6.07, 6.45) is 3.35. The number of aryl methyl sites for hydroxylation is 2. The lowest BCUT2D eigenvalue weighted by Gasteiger charge is -2.25. The number of amides is 1. The second-order valence-corrected chi connectivity index (χ2v) is 10.4. The van der Waals surface area contributed by atoms with Gasteiger partial charge >= 0.3 is 0 Å². The van der Waals surface area contributed by atoms with Gasteiger partial charge in [-0.05, 0) is 67.8 Å². The number of furan rings is 1. The quantitative estimate of drug-likeness (QED) is 0.127. The highest BCUT2D eigenvalue weighted by Gasteiger charge is 2.47. The molecule has 1 aliphatic rings. The van der Waals surface area contributed by atoms with Crippen LogP contribution in [-0.2, 0) is 22.7 Å². The van der Waals surface area contributed by atoms with Crippen LogP contribution in [0.5, 0.6) is 11.5 Å². The molecule has 4 heterocycles. The first-order chi connectivity index (χ1) is 20.9. The summed E-state index contributed by atoms with van der Waals surface area (Å²) in [6, 6.07) is 21.4. The summed E-state index contributed by atoms with van der Waals surface area (Å²) in [5.41, 5.74) is 3.96. The lowest BCUT2D eigenvalue weighted by Crippen LogP contribution is -2.29. The zero-order valence-corrected chi connectivity index (χ0v) is 24.1. The lowest BCUT2D eigenvalue weighted by molar-refractivity contribution is -0.140. The fourth-order valence-electron chi connectivity index (χ4n) is 5.45. The molecule has 1 aliphatic heterocycles. The molecular formula is C34H31N3O6. The van der Waals surface area contributed by atoms with Crippen molar-refractivity contribution in [2.75, 3.05) is 6.61 Å². The topological polar surface area (TPSA) is 107 Å². The minimum absolute atomic E-state index is 0.0263. The van der Waals surface area contributed by atoms with Crippen LogP contribution < -0.4 is 9.47 Å². The number of rotatable bonds is 9. The van der Waals surface area contributed by atoms with Gasteiger partial charge in [-0.25, -0.2) is 4.98 Å². The average molecular weight is 578 g/mol. The summed E-state index contributed by atoms with van der Waals surface area (Å²) < 4.78 is 19.4. The number of hydrogen-bond acceptors (Lipinski definition) is 7. The Kier molecular flexibility index (Phi) is 7.46. The van der Waals surface area contributed by atoms with Crippen LogP contribution in [0.4, 0.5) is 0 Å². The van der Waals surface area contributed by atoms with E-state index in [0.29, 0.717) is 47.4 Å². The van der Waals surface area contributed by atoms with Crippen LogP contribution in [-0.4, -0.2) is 37.7 Å². The molecule has 218 valence electrons. The van der Waals surface area contributed by atoms with Gasteiger partial charge in [-0.3, -0.25) is 9.59 Å². The number of carbonyl (C=O) groups excluding carboxylic acids is 2. The molecule has 5 aromatic rings. The Morgan fingerprint density at radius 2 is 1.79 bits per heavy atom. The predicted octanol–water partition coefficient (Wildman–Crippen LogP) is 6.14. The van der Waals surface area contributed by atoms with E-state index in [1.807, 2.05) is 73.8 Å². The van der Waals surface area contributed by atoms with Crippen LogP contribution in [0.25, 0.3) is 11.4 Å². The second kappa shape index (κ2) is 11.5. The highest BCUT2D eigenvalue weighted by atomic mass is 16.5. The average Bonchev–Trinajstić information content (AvgIpc) is 3.72. The van der Waals surface area contributed by atoms with Crippen molar-refractivity contribution in [3.05, 3.63) is 125 Å². The number of Topliss-reactive ketones (excluding diaryl/α,β-unsaturated/α-hetero) is 1. The van der Waals surface area contributed by atoms with E-state index in [4.69, 9.17) is 13.9 Å². The molecule has 0 bridgehead atoms. The maximum Gasteiger partial charge on any atom is 0.296 e. The highest BCUT2D eigenvalue weighted by molar-refractivity contribution is 6.46. The fraction of sp³-hybridized carbons (Fsp3) is 0.206. The summed E-state index contributed by atoms with van der Waals surface area (Å²) in [5, 5.41) is 11.7. The van der Waals surface area contributed by atoms with Crippen LogP contribution in [0.3, 0.4) is 0 Å². The van der Waals surface area contributed by atoms with Crippen molar-refractivity contribution >= 4 is 23.1 Å². The molecule has 0 saturated carbocycles. The molecule has 9 nitrogen and oxygen atoms in total. The Morgan fingerprint density at radius 1 is 0.977 bits per heavy atom. The standard InChI is InChI=1S/C34H31N3O6/c1-4-41-27-18-24(14-15-26(27)43-20-23-11-6-5-7-12-23)30-28(32(39)34(40)37(30)19-25-13-9-17-42-25)31(38)29-22(3)36-16-8-10-21(2)33(36)35-29/h5-18,30,38H,4,19-20H2,1-3H3/b31-28+. The Balaban J connectivity index is 1.47. The third kappa shape index (κ3) is 5.14. The van der Waals surface area contributed by atoms with Crippen molar-refractivity contribution in [1.82, 2.24) is 14.3 Å². The Hall–Kier alpha value is -5.31. The van der Waals surface area contributed by atoms with Gasteiger partial charge in [-0.2, -0.15) is 0 Å². The molecule has 0 aliphatic carbocycles. The zero-order valence-electron chi connectivity index (χ0n) is 24.1. The maximum absolute atomic E-state index is 13.6. The molecule has 1 atom stereocenters. The number of imidazole rings is 1.